The van der Waals surface area contributed by atoms with Crippen molar-refractivity contribution < 1.29 is 14.3 Å². The number of rotatable bonds is 4. The van der Waals surface area contributed by atoms with Crippen LogP contribution in [0.2, 0.25) is 5.02 Å². The number of amides is 2. The first-order valence-corrected chi connectivity index (χ1v) is 9.28. The summed E-state index contributed by atoms with van der Waals surface area (Å²) in [5, 5.41) is 6.41. The van der Waals surface area contributed by atoms with Crippen LogP contribution in [-0.2, 0) is 9.53 Å². The number of halogens is 1. The van der Waals surface area contributed by atoms with Gasteiger partial charge in [0.1, 0.15) is 5.60 Å². The number of ether oxygens (including phenoxy) is 1. The van der Waals surface area contributed by atoms with Crippen molar-refractivity contribution in [2.75, 3.05) is 25.0 Å². The zero-order valence-corrected chi connectivity index (χ0v) is 16.7. The number of likely N-dealkylation sites (tertiary alicyclic amines) is 1. The Balaban J connectivity index is 1.73. The average molecular weight is 382 g/mol. The molecule has 0 atom stereocenters. The zero-order valence-electron chi connectivity index (χ0n) is 15.9. The summed E-state index contributed by atoms with van der Waals surface area (Å²) in [6, 6.07) is 5.56. The topological polar surface area (TPSA) is 70.7 Å². The van der Waals surface area contributed by atoms with E-state index in [1.54, 1.807) is 6.07 Å². The van der Waals surface area contributed by atoms with Crippen molar-refractivity contribution in [2.45, 2.75) is 52.2 Å². The number of anilines is 1. The number of piperidine rings is 1. The van der Waals surface area contributed by atoms with Crippen molar-refractivity contribution in [3.05, 3.63) is 28.8 Å². The highest BCUT2D eigenvalue weighted by atomic mass is 35.5. The molecule has 1 heterocycles. The highest BCUT2D eigenvalue weighted by Crippen LogP contribution is 2.20. The highest BCUT2D eigenvalue weighted by Gasteiger charge is 2.24. The molecule has 1 aromatic carbocycles. The van der Waals surface area contributed by atoms with Gasteiger partial charge in [-0.25, -0.2) is 4.79 Å². The third-order valence-corrected chi connectivity index (χ3v) is 4.54. The van der Waals surface area contributed by atoms with Gasteiger partial charge in [0.2, 0.25) is 5.91 Å². The molecular formula is C19H28ClN3O3. The molecule has 2 amide bonds. The first-order valence-electron chi connectivity index (χ1n) is 8.90. The lowest BCUT2D eigenvalue weighted by molar-refractivity contribution is -0.117. The number of aryl methyl sites for hydroxylation is 1. The van der Waals surface area contributed by atoms with Crippen LogP contribution in [0.1, 0.15) is 39.2 Å². The number of nitrogens with zero attached hydrogens (tertiary/aromatic N) is 1. The quantitative estimate of drug-likeness (QED) is 0.836. The number of alkyl carbamates (subject to hydrolysis) is 1. The molecule has 1 fully saturated rings. The summed E-state index contributed by atoms with van der Waals surface area (Å²) in [7, 11) is 0. The van der Waals surface area contributed by atoms with E-state index in [0.717, 1.165) is 31.5 Å². The molecule has 2 rings (SSSR count). The molecule has 2 N–H and O–H groups in total. The van der Waals surface area contributed by atoms with Gasteiger partial charge in [-0.1, -0.05) is 17.7 Å². The Kier molecular flexibility index (Phi) is 6.89. The van der Waals surface area contributed by atoms with E-state index in [0.29, 0.717) is 17.3 Å². The molecule has 26 heavy (non-hydrogen) atoms. The van der Waals surface area contributed by atoms with Crippen molar-refractivity contribution in [3.8, 4) is 0 Å². The molecule has 1 aliphatic heterocycles. The third-order valence-electron chi connectivity index (χ3n) is 4.13. The molecule has 1 aromatic rings. The summed E-state index contributed by atoms with van der Waals surface area (Å²) in [5.41, 5.74) is 1.18. The minimum absolute atomic E-state index is 0.0662. The summed E-state index contributed by atoms with van der Waals surface area (Å²) in [4.78, 5) is 26.1. The first-order chi connectivity index (χ1) is 12.1. The molecule has 0 saturated carbocycles. The van der Waals surface area contributed by atoms with Gasteiger partial charge in [-0.05, 0) is 58.2 Å². The molecule has 6 nitrogen and oxygen atoms in total. The van der Waals surface area contributed by atoms with Crippen molar-refractivity contribution in [2.24, 2.45) is 0 Å². The van der Waals surface area contributed by atoms with Gasteiger partial charge in [0.25, 0.3) is 0 Å². The van der Waals surface area contributed by atoms with Gasteiger partial charge in [-0.2, -0.15) is 0 Å². The number of carbonyl (C=O) groups is 2. The second kappa shape index (κ2) is 8.73. The standard InChI is InChI=1S/C19H28ClN3O3/c1-13-5-6-15(11-16(13)20)21-17(24)12-23-9-7-14(8-10-23)22-18(25)26-19(2,3)4/h5-6,11,14H,7-10,12H2,1-4H3,(H,21,24)(H,22,25). The Hall–Kier alpha value is -1.79. The average Bonchev–Trinajstić information content (AvgIpc) is 2.51. The molecule has 0 spiro atoms. The van der Waals surface area contributed by atoms with Crippen molar-refractivity contribution >= 4 is 29.3 Å². The van der Waals surface area contributed by atoms with Gasteiger partial charge in [0, 0.05) is 29.8 Å². The van der Waals surface area contributed by atoms with Crippen molar-refractivity contribution in [3.63, 3.8) is 0 Å². The zero-order chi connectivity index (χ0) is 19.3. The van der Waals surface area contributed by atoms with Crippen LogP contribution < -0.4 is 10.6 Å². The minimum atomic E-state index is -0.498. The van der Waals surface area contributed by atoms with Crippen LogP contribution in [-0.4, -0.2) is 48.2 Å². The van der Waals surface area contributed by atoms with Gasteiger partial charge in [-0.15, -0.1) is 0 Å². The molecule has 0 bridgehead atoms. The number of carbonyl (C=O) groups excluding carboxylic acids is 2. The van der Waals surface area contributed by atoms with E-state index in [9.17, 15) is 9.59 Å². The monoisotopic (exact) mass is 381 g/mol. The van der Waals surface area contributed by atoms with Crippen LogP contribution in [0.15, 0.2) is 18.2 Å². The van der Waals surface area contributed by atoms with E-state index < -0.39 is 5.60 Å². The molecule has 0 aromatic heterocycles. The predicted octanol–water partition coefficient (Wildman–Crippen LogP) is 3.58. The maximum Gasteiger partial charge on any atom is 0.407 e. The number of hydrogen-bond donors (Lipinski definition) is 2. The Morgan fingerprint density at radius 3 is 2.50 bits per heavy atom. The second-order valence-electron chi connectivity index (χ2n) is 7.71. The summed E-state index contributed by atoms with van der Waals surface area (Å²) < 4.78 is 5.28. The lowest BCUT2D eigenvalue weighted by Crippen LogP contribution is -2.47. The minimum Gasteiger partial charge on any atom is -0.444 e. The Morgan fingerprint density at radius 2 is 1.92 bits per heavy atom. The van der Waals surface area contributed by atoms with Crippen LogP contribution in [0.3, 0.4) is 0 Å². The smallest absolute Gasteiger partial charge is 0.407 e. The fourth-order valence-electron chi connectivity index (χ4n) is 2.78. The Labute approximate surface area is 160 Å². The van der Waals surface area contributed by atoms with Crippen LogP contribution >= 0.6 is 11.6 Å². The first kappa shape index (κ1) is 20.5. The van der Waals surface area contributed by atoms with Crippen molar-refractivity contribution in [1.29, 1.82) is 0 Å². The molecule has 7 heteroatoms. The lowest BCUT2D eigenvalue weighted by atomic mass is 10.1. The molecule has 144 valence electrons. The van der Waals surface area contributed by atoms with E-state index in [1.165, 1.54) is 0 Å². The summed E-state index contributed by atoms with van der Waals surface area (Å²) in [6.07, 6.45) is 1.20. The normalized spacial score (nSPS) is 16.2. The maximum atomic E-state index is 12.2. The van der Waals surface area contributed by atoms with Gasteiger partial charge < -0.3 is 15.4 Å². The van der Waals surface area contributed by atoms with Crippen molar-refractivity contribution in [1.82, 2.24) is 10.2 Å². The van der Waals surface area contributed by atoms with E-state index in [2.05, 4.69) is 15.5 Å². The molecular weight excluding hydrogens is 354 g/mol. The Morgan fingerprint density at radius 1 is 1.27 bits per heavy atom. The van der Waals surface area contributed by atoms with Gasteiger partial charge in [-0.3, -0.25) is 9.69 Å². The fraction of sp³-hybridized carbons (Fsp3) is 0.579. The highest BCUT2D eigenvalue weighted by molar-refractivity contribution is 6.31. The maximum absolute atomic E-state index is 12.2. The largest absolute Gasteiger partial charge is 0.444 e. The second-order valence-corrected chi connectivity index (χ2v) is 8.12. The lowest BCUT2D eigenvalue weighted by Gasteiger charge is -2.32. The number of benzene rings is 1. The van der Waals surface area contributed by atoms with Crippen LogP contribution in [0.25, 0.3) is 0 Å². The van der Waals surface area contributed by atoms with E-state index in [1.807, 2.05) is 39.8 Å². The fourth-order valence-corrected chi connectivity index (χ4v) is 2.96. The molecule has 0 unspecified atom stereocenters. The number of nitrogens with one attached hydrogen (secondary N) is 2. The number of hydrogen-bond acceptors (Lipinski definition) is 4. The summed E-state index contributed by atoms with van der Waals surface area (Å²) in [5.74, 6) is -0.0662. The summed E-state index contributed by atoms with van der Waals surface area (Å²) >= 11 is 6.08. The van der Waals surface area contributed by atoms with Gasteiger partial charge in [0.15, 0.2) is 0 Å². The van der Waals surface area contributed by atoms with E-state index in [-0.39, 0.29) is 18.0 Å². The predicted molar refractivity (Wildman–Crippen MR) is 104 cm³/mol. The third kappa shape index (κ3) is 6.84. The van der Waals surface area contributed by atoms with Crippen LogP contribution in [0, 0.1) is 6.92 Å². The molecule has 0 aliphatic carbocycles. The van der Waals surface area contributed by atoms with Gasteiger partial charge in [0.05, 0.1) is 6.54 Å². The van der Waals surface area contributed by atoms with E-state index in [4.69, 9.17) is 16.3 Å². The van der Waals surface area contributed by atoms with Gasteiger partial charge >= 0.3 is 6.09 Å². The van der Waals surface area contributed by atoms with Crippen LogP contribution in [0.4, 0.5) is 10.5 Å². The van der Waals surface area contributed by atoms with Crippen LogP contribution in [0.5, 0.6) is 0 Å². The summed E-state index contributed by atoms with van der Waals surface area (Å²) in [6.45, 7) is 9.28. The Bertz CT molecular complexity index is 650. The molecule has 1 aliphatic rings. The molecule has 0 radical (unpaired) electrons. The van der Waals surface area contributed by atoms with E-state index >= 15 is 0 Å². The molecule has 1 saturated heterocycles. The SMILES string of the molecule is Cc1ccc(NC(=O)CN2CCC(NC(=O)OC(C)(C)C)CC2)cc1Cl.